The van der Waals surface area contributed by atoms with Crippen LogP contribution in [0.5, 0.6) is 0 Å². The second-order valence-electron chi connectivity index (χ2n) is 9.31. The van der Waals surface area contributed by atoms with Crippen molar-refractivity contribution in [3.63, 3.8) is 0 Å². The van der Waals surface area contributed by atoms with E-state index in [-0.39, 0.29) is 17.5 Å². The lowest BCUT2D eigenvalue weighted by atomic mass is 9.86. The van der Waals surface area contributed by atoms with Gasteiger partial charge in [-0.25, -0.2) is 0 Å². The standard InChI is InChI=1S/C29H27ClO3/c1-4-18-9-10-21(19-11-13-22(30)14-12-19)15-23(18)25-26(31)27-24(16-29(3,33-27)28(25)32)20-7-5-17(2)6-8-20/h5-15,24,27,32H,4,16H2,1-3H3/t24-,27-,29-/m1/s1. The van der Waals surface area contributed by atoms with Gasteiger partial charge in [0.1, 0.15) is 17.5 Å². The molecule has 1 saturated heterocycles. The minimum Gasteiger partial charge on any atom is -0.508 e. The zero-order valence-corrected chi connectivity index (χ0v) is 19.8. The molecule has 4 heteroatoms. The number of aryl methyl sites for hydroxylation is 2. The Morgan fingerprint density at radius 2 is 1.70 bits per heavy atom. The summed E-state index contributed by atoms with van der Waals surface area (Å²) in [6, 6.07) is 22.0. The molecule has 3 nitrogen and oxygen atoms in total. The molecular weight excluding hydrogens is 432 g/mol. The van der Waals surface area contributed by atoms with Crippen LogP contribution in [0.1, 0.15) is 48.4 Å². The van der Waals surface area contributed by atoms with E-state index in [9.17, 15) is 9.90 Å². The molecular formula is C29H27ClO3. The molecule has 2 aliphatic heterocycles. The van der Waals surface area contributed by atoms with Gasteiger partial charge in [0, 0.05) is 10.9 Å². The summed E-state index contributed by atoms with van der Waals surface area (Å²) in [5.41, 5.74) is 5.56. The first-order valence-corrected chi connectivity index (χ1v) is 11.8. The van der Waals surface area contributed by atoms with E-state index in [1.165, 1.54) is 5.56 Å². The first kappa shape index (κ1) is 21.9. The maximum absolute atomic E-state index is 13.8. The van der Waals surface area contributed by atoms with Gasteiger partial charge in [-0.3, -0.25) is 4.79 Å². The van der Waals surface area contributed by atoms with Gasteiger partial charge in [0.25, 0.3) is 0 Å². The van der Waals surface area contributed by atoms with Crippen LogP contribution in [0, 0.1) is 6.92 Å². The third-order valence-electron chi connectivity index (χ3n) is 7.05. The maximum atomic E-state index is 13.8. The molecule has 1 fully saturated rings. The van der Waals surface area contributed by atoms with E-state index in [4.69, 9.17) is 16.3 Å². The van der Waals surface area contributed by atoms with Crippen LogP contribution in [-0.2, 0) is 16.0 Å². The topological polar surface area (TPSA) is 46.5 Å². The fourth-order valence-electron chi connectivity index (χ4n) is 5.16. The fraction of sp³-hybridized carbons (Fsp3) is 0.276. The van der Waals surface area contributed by atoms with E-state index in [1.807, 2.05) is 50.2 Å². The maximum Gasteiger partial charge on any atom is 0.196 e. The van der Waals surface area contributed by atoms with Gasteiger partial charge in [-0.05, 0) is 72.7 Å². The summed E-state index contributed by atoms with van der Waals surface area (Å²) in [4.78, 5) is 13.8. The van der Waals surface area contributed by atoms with Crippen LogP contribution in [0.25, 0.3) is 16.7 Å². The highest BCUT2D eigenvalue weighted by Crippen LogP contribution is 2.51. The number of aliphatic hydroxyl groups is 1. The lowest BCUT2D eigenvalue weighted by Gasteiger charge is -2.31. The van der Waals surface area contributed by atoms with E-state index in [0.717, 1.165) is 34.2 Å². The third kappa shape index (κ3) is 3.70. The average Bonchev–Trinajstić information content (AvgIpc) is 3.15. The molecule has 3 aromatic rings. The summed E-state index contributed by atoms with van der Waals surface area (Å²) in [5.74, 6) is -0.190. The van der Waals surface area contributed by atoms with Gasteiger partial charge < -0.3 is 9.84 Å². The van der Waals surface area contributed by atoms with Crippen molar-refractivity contribution in [1.29, 1.82) is 0 Å². The molecule has 33 heavy (non-hydrogen) atoms. The Morgan fingerprint density at radius 3 is 2.36 bits per heavy atom. The lowest BCUT2D eigenvalue weighted by molar-refractivity contribution is -0.131. The Hall–Kier alpha value is -2.88. The van der Waals surface area contributed by atoms with E-state index in [1.54, 1.807) is 0 Å². The van der Waals surface area contributed by atoms with Gasteiger partial charge in [0.2, 0.25) is 0 Å². The Kier molecular flexibility index (Phi) is 5.43. The second-order valence-corrected chi connectivity index (χ2v) is 9.75. The number of fused-ring (bicyclic) bond motifs is 2. The monoisotopic (exact) mass is 458 g/mol. The minimum absolute atomic E-state index is 0.0429. The smallest absolute Gasteiger partial charge is 0.196 e. The van der Waals surface area contributed by atoms with E-state index < -0.39 is 11.7 Å². The zero-order valence-electron chi connectivity index (χ0n) is 19.1. The summed E-state index contributed by atoms with van der Waals surface area (Å²) in [6.45, 7) is 6.00. The van der Waals surface area contributed by atoms with Crippen molar-refractivity contribution in [2.24, 2.45) is 0 Å². The van der Waals surface area contributed by atoms with Gasteiger partial charge >= 0.3 is 0 Å². The highest BCUT2D eigenvalue weighted by Gasteiger charge is 2.55. The molecule has 0 spiro atoms. The summed E-state index contributed by atoms with van der Waals surface area (Å²) in [6.07, 6.45) is 0.719. The second kappa shape index (κ2) is 8.16. The SMILES string of the molecule is CCc1ccc(-c2ccc(Cl)cc2)cc1C1=C(O)[C@@]2(C)C[C@H](c3ccc(C)cc3)[C@@H](O2)C1=O. The Labute approximate surface area is 199 Å². The molecule has 0 aliphatic carbocycles. The van der Waals surface area contributed by atoms with Crippen molar-refractivity contribution in [2.45, 2.75) is 51.2 Å². The summed E-state index contributed by atoms with van der Waals surface area (Å²) < 4.78 is 6.19. The van der Waals surface area contributed by atoms with Gasteiger partial charge in [-0.1, -0.05) is 72.6 Å². The summed E-state index contributed by atoms with van der Waals surface area (Å²) in [5, 5.41) is 12.1. The predicted octanol–water partition coefficient (Wildman–Crippen LogP) is 7.06. The number of benzene rings is 3. The highest BCUT2D eigenvalue weighted by atomic mass is 35.5. The fourth-order valence-corrected chi connectivity index (χ4v) is 5.28. The molecule has 0 aromatic heterocycles. The Morgan fingerprint density at radius 1 is 1.03 bits per heavy atom. The lowest BCUT2D eigenvalue weighted by Crippen LogP contribution is -2.38. The van der Waals surface area contributed by atoms with Crippen molar-refractivity contribution in [3.05, 3.63) is 99.8 Å². The van der Waals surface area contributed by atoms with Crippen LogP contribution >= 0.6 is 11.6 Å². The molecule has 3 aromatic carbocycles. The molecule has 1 N–H and O–H groups in total. The van der Waals surface area contributed by atoms with Crippen LogP contribution in [0.4, 0.5) is 0 Å². The molecule has 168 valence electrons. The number of halogens is 1. The van der Waals surface area contributed by atoms with E-state index in [2.05, 4.69) is 37.3 Å². The number of hydrogen-bond acceptors (Lipinski definition) is 3. The Balaban J connectivity index is 1.61. The molecule has 2 bridgehead atoms. The van der Waals surface area contributed by atoms with Crippen molar-refractivity contribution in [1.82, 2.24) is 0 Å². The number of aliphatic hydroxyl groups excluding tert-OH is 1. The van der Waals surface area contributed by atoms with Crippen molar-refractivity contribution in [3.8, 4) is 11.1 Å². The number of ether oxygens (including phenoxy) is 1. The van der Waals surface area contributed by atoms with Gasteiger partial charge in [-0.2, -0.15) is 0 Å². The molecule has 2 aliphatic rings. The van der Waals surface area contributed by atoms with E-state index >= 15 is 0 Å². The van der Waals surface area contributed by atoms with Gasteiger partial charge in [0.15, 0.2) is 5.78 Å². The number of hydrogen-bond donors (Lipinski definition) is 1. The zero-order chi connectivity index (χ0) is 23.3. The third-order valence-corrected chi connectivity index (χ3v) is 7.30. The molecule has 0 saturated carbocycles. The first-order chi connectivity index (χ1) is 15.8. The normalized spacial score (nSPS) is 24.4. The molecule has 3 atom stereocenters. The largest absolute Gasteiger partial charge is 0.508 e. The number of ketones is 1. The number of Topliss-reactive ketones (excluding diaryl/α,β-unsaturated/α-hetero) is 1. The molecule has 0 radical (unpaired) electrons. The van der Waals surface area contributed by atoms with Gasteiger partial charge in [0.05, 0.1) is 5.57 Å². The minimum atomic E-state index is -0.884. The van der Waals surface area contributed by atoms with Crippen molar-refractivity contribution in [2.75, 3.05) is 0 Å². The first-order valence-electron chi connectivity index (χ1n) is 11.4. The quantitative estimate of drug-likeness (QED) is 0.455. The Bertz CT molecular complexity index is 1260. The predicted molar refractivity (Wildman–Crippen MR) is 133 cm³/mol. The van der Waals surface area contributed by atoms with Crippen LogP contribution in [0.3, 0.4) is 0 Å². The number of carbonyl (C=O) groups is 1. The number of carbonyl (C=O) groups excluding carboxylic acids is 1. The van der Waals surface area contributed by atoms with Gasteiger partial charge in [-0.15, -0.1) is 0 Å². The molecule has 2 heterocycles. The summed E-state index contributed by atoms with van der Waals surface area (Å²) in [7, 11) is 0. The van der Waals surface area contributed by atoms with Crippen LogP contribution in [0.15, 0.2) is 72.5 Å². The van der Waals surface area contributed by atoms with Crippen LogP contribution in [-0.4, -0.2) is 22.6 Å². The van der Waals surface area contributed by atoms with Crippen molar-refractivity contribution < 1.29 is 14.6 Å². The van der Waals surface area contributed by atoms with E-state index in [0.29, 0.717) is 17.0 Å². The van der Waals surface area contributed by atoms with Crippen LogP contribution < -0.4 is 0 Å². The average molecular weight is 459 g/mol. The highest BCUT2D eigenvalue weighted by molar-refractivity contribution is 6.30. The molecule has 0 amide bonds. The van der Waals surface area contributed by atoms with Crippen LogP contribution in [0.2, 0.25) is 5.02 Å². The number of rotatable bonds is 4. The molecule has 5 rings (SSSR count). The molecule has 0 unspecified atom stereocenters. The summed E-state index contributed by atoms with van der Waals surface area (Å²) >= 11 is 6.07. The van der Waals surface area contributed by atoms with Crippen molar-refractivity contribution >= 4 is 23.0 Å².